The van der Waals surface area contributed by atoms with Gasteiger partial charge in [-0.05, 0) is 36.5 Å². The molecule has 152 valence electrons. The van der Waals surface area contributed by atoms with Crippen LogP contribution in [0.4, 0.5) is 0 Å². The molecular formula is C26H40SiZr. The van der Waals surface area contributed by atoms with Gasteiger partial charge in [0.15, 0.2) is 0 Å². The van der Waals surface area contributed by atoms with Gasteiger partial charge in [0.05, 0.1) is 0 Å². The first-order valence-electron chi connectivity index (χ1n) is 11.2. The average Bonchev–Trinajstić information content (AvgIpc) is 3.07. The molecule has 6 unspecified atom stereocenters. The van der Waals surface area contributed by atoms with E-state index in [1.165, 1.54) is 25.7 Å². The third kappa shape index (κ3) is 7.56. The Morgan fingerprint density at radius 3 is 1.50 bits per heavy atom. The van der Waals surface area contributed by atoms with Crippen molar-refractivity contribution >= 4 is 5.43 Å². The summed E-state index contributed by atoms with van der Waals surface area (Å²) in [4.78, 5) is 0. The van der Waals surface area contributed by atoms with Gasteiger partial charge in [-0.25, -0.2) is 36.1 Å². The van der Waals surface area contributed by atoms with E-state index in [0.717, 1.165) is 35.5 Å². The Morgan fingerprint density at radius 1 is 0.786 bits per heavy atom. The zero-order valence-electron chi connectivity index (χ0n) is 18.9. The Labute approximate surface area is 190 Å². The predicted molar refractivity (Wildman–Crippen MR) is 123 cm³/mol. The Balaban J connectivity index is 0.000000169. The molecular weight excluding hydrogens is 432 g/mol. The molecule has 4 rings (SSSR count). The Hall–Kier alpha value is -0.200. The number of hydrogen-bond acceptors (Lipinski definition) is 0. The fourth-order valence-corrected chi connectivity index (χ4v) is 4.87. The summed E-state index contributed by atoms with van der Waals surface area (Å²) in [6, 6.07) is 0. The van der Waals surface area contributed by atoms with Crippen molar-refractivity contribution in [2.45, 2.75) is 66.5 Å². The van der Waals surface area contributed by atoms with Crippen LogP contribution in [0.2, 0.25) is 13.1 Å². The van der Waals surface area contributed by atoms with Crippen LogP contribution in [0.15, 0.2) is 47.6 Å². The average molecular weight is 472 g/mol. The van der Waals surface area contributed by atoms with Gasteiger partial charge in [0.1, 0.15) is 0 Å². The number of hydrogen-bond donors (Lipinski definition) is 0. The Morgan fingerprint density at radius 2 is 1.14 bits per heavy atom. The Kier molecular flexibility index (Phi) is 10.2. The molecule has 0 aliphatic heterocycles. The van der Waals surface area contributed by atoms with Gasteiger partial charge >= 0.3 is 41.9 Å². The van der Waals surface area contributed by atoms with Gasteiger partial charge in [0.2, 0.25) is 0 Å². The second-order valence-corrected chi connectivity index (χ2v) is 19.0. The van der Waals surface area contributed by atoms with E-state index in [1.54, 1.807) is 34.5 Å². The topological polar surface area (TPSA) is 0 Å². The fraction of sp³-hybridized carbons (Fsp3) is 0.615. The van der Waals surface area contributed by atoms with Crippen molar-refractivity contribution < 1.29 is 23.3 Å². The summed E-state index contributed by atoms with van der Waals surface area (Å²) in [5.74, 6) is 4.97. The van der Waals surface area contributed by atoms with Crippen LogP contribution >= 0.6 is 0 Å². The number of rotatable bonds is 0. The molecule has 0 heterocycles. The van der Waals surface area contributed by atoms with Crippen molar-refractivity contribution in [1.82, 2.24) is 0 Å². The summed E-state index contributed by atoms with van der Waals surface area (Å²) >= 11 is 1.74. The number of fused-ring (bicyclic) bond motifs is 2. The van der Waals surface area contributed by atoms with Crippen molar-refractivity contribution in [3.63, 3.8) is 0 Å². The molecule has 4 aliphatic carbocycles. The molecule has 2 fully saturated rings. The molecule has 2 saturated carbocycles. The first kappa shape index (κ1) is 24.1. The van der Waals surface area contributed by atoms with Crippen LogP contribution in [-0.2, 0) is 23.3 Å². The zero-order valence-corrected chi connectivity index (χ0v) is 22.4. The van der Waals surface area contributed by atoms with Crippen molar-refractivity contribution in [2.75, 3.05) is 0 Å². The first-order chi connectivity index (χ1) is 13.3. The van der Waals surface area contributed by atoms with E-state index >= 15 is 0 Å². The van der Waals surface area contributed by atoms with E-state index < -0.39 is 0 Å². The van der Waals surface area contributed by atoms with Gasteiger partial charge in [0, 0.05) is 0 Å². The minimum absolute atomic E-state index is 0.210. The molecule has 0 nitrogen and oxygen atoms in total. The van der Waals surface area contributed by atoms with Crippen LogP contribution in [0.25, 0.3) is 0 Å². The summed E-state index contributed by atoms with van der Waals surface area (Å²) in [7, 11) is 0. The van der Waals surface area contributed by atoms with E-state index in [9.17, 15) is 0 Å². The van der Waals surface area contributed by atoms with Gasteiger partial charge in [-0.15, -0.1) is 24.3 Å². The van der Waals surface area contributed by atoms with Crippen molar-refractivity contribution in [1.29, 1.82) is 0 Å². The van der Waals surface area contributed by atoms with Crippen molar-refractivity contribution in [3.05, 3.63) is 60.4 Å². The quantitative estimate of drug-likeness (QED) is 0.253. The SMILES string of the molecule is CC1[CH-]C2=CC=CCC(C)C2C1.CC1[CH-]C2=CC=CCC(C)C2C1.C[Si](C)=[Zr+2]. The fourth-order valence-electron chi connectivity index (χ4n) is 4.87. The molecule has 0 aromatic heterocycles. The molecule has 4 aliphatic rings. The van der Waals surface area contributed by atoms with Crippen LogP contribution in [0.1, 0.15) is 53.4 Å². The van der Waals surface area contributed by atoms with Crippen LogP contribution in [0.3, 0.4) is 0 Å². The molecule has 0 bridgehead atoms. The summed E-state index contributed by atoms with van der Waals surface area (Å²) in [5.41, 5.74) is 3.38. The van der Waals surface area contributed by atoms with E-state index in [0.29, 0.717) is 0 Å². The summed E-state index contributed by atoms with van der Waals surface area (Å²) < 4.78 is 0. The third-order valence-electron chi connectivity index (χ3n) is 6.30. The first-order valence-corrected chi connectivity index (χ1v) is 17.4. The van der Waals surface area contributed by atoms with Crippen LogP contribution in [0, 0.1) is 48.3 Å². The molecule has 2 heteroatoms. The van der Waals surface area contributed by atoms with Crippen LogP contribution < -0.4 is 0 Å². The molecule has 0 amide bonds. The third-order valence-corrected chi connectivity index (χ3v) is 6.30. The van der Waals surface area contributed by atoms with Gasteiger partial charge in [-0.1, -0.05) is 52.4 Å². The number of allylic oxidation sites excluding steroid dienone is 8. The predicted octanol–water partition coefficient (Wildman–Crippen LogP) is 7.52. The molecule has 0 spiro atoms. The Bertz CT molecular complexity index is 585. The molecule has 0 radical (unpaired) electrons. The summed E-state index contributed by atoms with van der Waals surface area (Å²) in [6.45, 7) is 14.0. The minimum atomic E-state index is 0.210. The van der Waals surface area contributed by atoms with E-state index in [2.05, 4.69) is 90.1 Å². The zero-order chi connectivity index (χ0) is 20.7. The van der Waals surface area contributed by atoms with Gasteiger partial charge in [0.25, 0.3) is 0 Å². The molecule has 0 saturated heterocycles. The molecule has 6 atom stereocenters. The molecule has 28 heavy (non-hydrogen) atoms. The molecule has 0 N–H and O–H groups in total. The van der Waals surface area contributed by atoms with E-state index in [4.69, 9.17) is 0 Å². The van der Waals surface area contributed by atoms with E-state index in [1.807, 2.05) is 0 Å². The van der Waals surface area contributed by atoms with Gasteiger partial charge in [-0.3, -0.25) is 0 Å². The van der Waals surface area contributed by atoms with Gasteiger partial charge in [-0.2, -0.15) is 0 Å². The van der Waals surface area contributed by atoms with Crippen LogP contribution in [-0.4, -0.2) is 5.43 Å². The molecule has 0 aromatic carbocycles. The maximum atomic E-state index is 2.44. The van der Waals surface area contributed by atoms with Crippen molar-refractivity contribution in [3.8, 4) is 0 Å². The maximum absolute atomic E-state index is 2.44. The summed E-state index contributed by atoms with van der Waals surface area (Å²) in [5, 5.41) is 0. The monoisotopic (exact) mass is 470 g/mol. The molecule has 0 aromatic rings. The standard InChI is InChI=1S/2C12H17.C2H6Si.Zr/c2*1-9-7-11-6-4-3-5-10(2)12(11)8-9;1-3-2;/h2*3-4,6-7,9-10,12H,5,8H2,1-2H3;1-2H3;/q2*-1;;+2. The normalized spacial score (nSPS) is 35.1. The van der Waals surface area contributed by atoms with Crippen molar-refractivity contribution in [2.24, 2.45) is 35.5 Å². The second-order valence-electron chi connectivity index (χ2n) is 9.59. The van der Waals surface area contributed by atoms with E-state index in [-0.39, 0.29) is 5.43 Å². The van der Waals surface area contributed by atoms with Crippen LogP contribution in [0.5, 0.6) is 0 Å². The second kappa shape index (κ2) is 11.8. The summed E-state index contributed by atoms with van der Waals surface area (Å²) in [6.07, 6.45) is 23.8. The van der Waals surface area contributed by atoms with Gasteiger partial charge < -0.3 is 0 Å².